The van der Waals surface area contributed by atoms with E-state index in [-0.39, 0.29) is 18.4 Å². The lowest BCUT2D eigenvalue weighted by Crippen LogP contribution is -2.49. The van der Waals surface area contributed by atoms with Crippen LogP contribution in [-0.4, -0.2) is 30.5 Å². The maximum absolute atomic E-state index is 12.3. The summed E-state index contributed by atoms with van der Waals surface area (Å²) in [5, 5.41) is 5.98. The first kappa shape index (κ1) is 19.8. The fourth-order valence-electron chi connectivity index (χ4n) is 2.27. The lowest BCUT2D eigenvalue weighted by molar-refractivity contribution is -0.136. The maximum Gasteiger partial charge on any atom is 0.264 e. The van der Waals surface area contributed by atoms with E-state index in [2.05, 4.69) is 10.6 Å². The van der Waals surface area contributed by atoms with Gasteiger partial charge in [0.25, 0.3) is 5.91 Å². The van der Waals surface area contributed by atoms with Gasteiger partial charge in [0, 0.05) is 11.6 Å². The summed E-state index contributed by atoms with van der Waals surface area (Å²) in [5.41, 5.74) is 0.0346. The van der Waals surface area contributed by atoms with Crippen LogP contribution in [0.1, 0.15) is 19.4 Å². The number of hydrogen-bond acceptors (Lipinski definition) is 3. The van der Waals surface area contributed by atoms with Crippen LogP contribution < -0.4 is 15.4 Å². The van der Waals surface area contributed by atoms with Gasteiger partial charge < -0.3 is 15.4 Å². The molecular formula is C20H23ClN2O3. The van der Waals surface area contributed by atoms with E-state index in [4.69, 9.17) is 16.3 Å². The first-order valence-electron chi connectivity index (χ1n) is 8.40. The fraction of sp³-hybridized carbons (Fsp3) is 0.300. The molecule has 26 heavy (non-hydrogen) atoms. The van der Waals surface area contributed by atoms with Crippen molar-refractivity contribution in [3.63, 3.8) is 0 Å². The molecule has 0 saturated heterocycles. The van der Waals surface area contributed by atoms with Gasteiger partial charge in [-0.2, -0.15) is 0 Å². The molecule has 0 aliphatic heterocycles. The minimum Gasteiger partial charge on any atom is -0.478 e. The Hall–Kier alpha value is -2.53. The number of carbonyl (C=O) groups excluding carboxylic acids is 2. The van der Waals surface area contributed by atoms with Crippen LogP contribution in [0.4, 0.5) is 0 Å². The van der Waals surface area contributed by atoms with Crippen molar-refractivity contribution < 1.29 is 14.3 Å². The molecule has 0 saturated carbocycles. The van der Waals surface area contributed by atoms with Gasteiger partial charge in [-0.1, -0.05) is 41.9 Å². The Bertz CT molecular complexity index is 730. The molecule has 2 N–H and O–H groups in total. The standard InChI is InChI=1S/C20H23ClN2O3/c1-20(2,26-17-10-8-16(21)9-11-17)19(25)23-14-18(24)22-13-12-15-6-4-3-5-7-15/h3-11H,12-14H2,1-2H3,(H,22,24)(H,23,25). The molecule has 2 amide bonds. The second-order valence-corrected chi connectivity index (χ2v) is 6.77. The molecule has 2 aromatic carbocycles. The number of nitrogens with one attached hydrogen (secondary N) is 2. The number of halogens is 1. The van der Waals surface area contributed by atoms with E-state index >= 15 is 0 Å². The molecule has 0 heterocycles. The highest BCUT2D eigenvalue weighted by molar-refractivity contribution is 6.30. The quantitative estimate of drug-likeness (QED) is 0.746. The van der Waals surface area contributed by atoms with Gasteiger partial charge in [-0.25, -0.2) is 0 Å². The lowest BCUT2D eigenvalue weighted by Gasteiger charge is -2.25. The van der Waals surface area contributed by atoms with Gasteiger partial charge in [0.05, 0.1) is 6.54 Å². The third-order valence-electron chi connectivity index (χ3n) is 3.72. The Labute approximate surface area is 158 Å². The molecule has 138 valence electrons. The molecule has 0 radical (unpaired) electrons. The number of ether oxygens (including phenoxy) is 1. The highest BCUT2D eigenvalue weighted by Crippen LogP contribution is 2.20. The zero-order chi connectivity index (χ0) is 19.0. The van der Waals surface area contributed by atoms with E-state index in [1.807, 2.05) is 30.3 Å². The molecule has 5 nitrogen and oxygen atoms in total. The molecular weight excluding hydrogens is 352 g/mol. The second kappa shape index (κ2) is 9.25. The number of rotatable bonds is 8. The first-order valence-corrected chi connectivity index (χ1v) is 8.78. The van der Waals surface area contributed by atoms with Crippen molar-refractivity contribution in [1.82, 2.24) is 10.6 Å². The van der Waals surface area contributed by atoms with E-state index in [9.17, 15) is 9.59 Å². The number of benzene rings is 2. The summed E-state index contributed by atoms with van der Waals surface area (Å²) in [6.07, 6.45) is 0.742. The summed E-state index contributed by atoms with van der Waals surface area (Å²) >= 11 is 5.83. The highest BCUT2D eigenvalue weighted by atomic mass is 35.5. The number of amides is 2. The molecule has 0 aliphatic carbocycles. The SMILES string of the molecule is CC(C)(Oc1ccc(Cl)cc1)C(=O)NCC(=O)NCCc1ccccc1. The minimum atomic E-state index is -1.11. The fourth-order valence-corrected chi connectivity index (χ4v) is 2.40. The minimum absolute atomic E-state index is 0.0962. The van der Waals surface area contributed by atoms with Gasteiger partial charge in [-0.3, -0.25) is 9.59 Å². The molecule has 0 aromatic heterocycles. The van der Waals surface area contributed by atoms with Crippen LogP contribution in [0.25, 0.3) is 0 Å². The van der Waals surface area contributed by atoms with E-state index in [0.29, 0.717) is 17.3 Å². The van der Waals surface area contributed by atoms with Crippen LogP contribution in [-0.2, 0) is 16.0 Å². The van der Waals surface area contributed by atoms with Gasteiger partial charge >= 0.3 is 0 Å². The van der Waals surface area contributed by atoms with Crippen LogP contribution >= 0.6 is 11.6 Å². The second-order valence-electron chi connectivity index (χ2n) is 6.33. The highest BCUT2D eigenvalue weighted by Gasteiger charge is 2.30. The zero-order valence-electron chi connectivity index (χ0n) is 14.9. The summed E-state index contributed by atoms with van der Waals surface area (Å²) < 4.78 is 5.69. The molecule has 0 spiro atoms. The van der Waals surface area contributed by atoms with Crippen LogP contribution in [0.5, 0.6) is 5.75 Å². The van der Waals surface area contributed by atoms with Crippen molar-refractivity contribution in [3.05, 3.63) is 65.2 Å². The third kappa shape index (κ3) is 6.41. The Kier molecular flexibility index (Phi) is 7.04. The van der Waals surface area contributed by atoms with Gasteiger partial charge in [0.15, 0.2) is 5.60 Å². The summed E-state index contributed by atoms with van der Waals surface area (Å²) in [5.74, 6) is -0.0795. The van der Waals surface area contributed by atoms with Gasteiger partial charge in [0.2, 0.25) is 5.91 Å². The van der Waals surface area contributed by atoms with Gasteiger partial charge in [-0.15, -0.1) is 0 Å². The van der Waals surface area contributed by atoms with E-state index in [1.165, 1.54) is 0 Å². The predicted molar refractivity (Wildman–Crippen MR) is 102 cm³/mol. The van der Waals surface area contributed by atoms with Crippen molar-refractivity contribution in [2.75, 3.05) is 13.1 Å². The summed E-state index contributed by atoms with van der Waals surface area (Å²) in [4.78, 5) is 24.2. The average Bonchev–Trinajstić information content (AvgIpc) is 2.62. The number of carbonyl (C=O) groups is 2. The first-order chi connectivity index (χ1) is 12.4. The van der Waals surface area contributed by atoms with Crippen LogP contribution in [0.2, 0.25) is 5.02 Å². The Morgan fingerprint density at radius 3 is 2.31 bits per heavy atom. The molecule has 0 bridgehead atoms. The van der Waals surface area contributed by atoms with Crippen LogP contribution in [0.3, 0.4) is 0 Å². The molecule has 0 fully saturated rings. The van der Waals surface area contributed by atoms with E-state index < -0.39 is 5.60 Å². The maximum atomic E-state index is 12.3. The largest absolute Gasteiger partial charge is 0.478 e. The van der Waals surface area contributed by atoms with Crippen molar-refractivity contribution in [3.8, 4) is 5.75 Å². The normalized spacial score (nSPS) is 10.9. The Morgan fingerprint density at radius 2 is 1.65 bits per heavy atom. The van der Waals surface area contributed by atoms with E-state index in [1.54, 1.807) is 38.1 Å². The molecule has 2 rings (SSSR count). The van der Waals surface area contributed by atoms with Gasteiger partial charge in [-0.05, 0) is 50.1 Å². The lowest BCUT2D eigenvalue weighted by atomic mass is 10.1. The molecule has 0 aliphatic rings. The Morgan fingerprint density at radius 1 is 1.00 bits per heavy atom. The molecule has 2 aromatic rings. The predicted octanol–water partition coefficient (Wildman–Crippen LogP) is 2.97. The molecule has 6 heteroatoms. The monoisotopic (exact) mass is 374 g/mol. The van der Waals surface area contributed by atoms with Gasteiger partial charge in [0.1, 0.15) is 5.75 Å². The van der Waals surface area contributed by atoms with E-state index in [0.717, 1.165) is 12.0 Å². The Balaban J connectivity index is 1.73. The molecule has 0 unspecified atom stereocenters. The summed E-state index contributed by atoms with van der Waals surface area (Å²) in [6, 6.07) is 16.6. The van der Waals surface area contributed by atoms with Crippen LogP contribution in [0.15, 0.2) is 54.6 Å². The average molecular weight is 375 g/mol. The number of hydrogen-bond donors (Lipinski definition) is 2. The molecule has 0 atom stereocenters. The van der Waals surface area contributed by atoms with Crippen molar-refractivity contribution in [2.45, 2.75) is 25.9 Å². The van der Waals surface area contributed by atoms with Crippen LogP contribution in [0, 0.1) is 0 Å². The zero-order valence-corrected chi connectivity index (χ0v) is 15.7. The van der Waals surface area contributed by atoms with Crippen molar-refractivity contribution in [2.24, 2.45) is 0 Å². The van der Waals surface area contributed by atoms with Crippen molar-refractivity contribution >= 4 is 23.4 Å². The summed E-state index contributed by atoms with van der Waals surface area (Å²) in [6.45, 7) is 3.71. The van der Waals surface area contributed by atoms with Crippen molar-refractivity contribution in [1.29, 1.82) is 0 Å². The topological polar surface area (TPSA) is 67.4 Å². The smallest absolute Gasteiger partial charge is 0.264 e. The summed E-state index contributed by atoms with van der Waals surface area (Å²) in [7, 11) is 0. The third-order valence-corrected chi connectivity index (χ3v) is 3.97.